The van der Waals surface area contributed by atoms with Crippen LogP contribution < -0.4 is 9.47 Å². The number of methoxy groups -OCH3 is 2. The van der Waals surface area contributed by atoms with Gasteiger partial charge in [-0.3, -0.25) is 0 Å². The lowest BCUT2D eigenvalue weighted by Crippen LogP contribution is -2.08. The third-order valence-corrected chi connectivity index (χ3v) is 4.18. The van der Waals surface area contributed by atoms with E-state index in [1.54, 1.807) is 24.3 Å². The van der Waals surface area contributed by atoms with Crippen molar-refractivity contribution in [2.24, 2.45) is 4.99 Å². The monoisotopic (exact) mass is 387 g/mol. The molecule has 2 aromatic carbocycles. The number of carbonyl (C=O) groups excluding carboxylic acids is 1. The van der Waals surface area contributed by atoms with Crippen molar-refractivity contribution >= 4 is 33.9 Å². The summed E-state index contributed by atoms with van der Waals surface area (Å²) < 4.78 is 16.8. The van der Waals surface area contributed by atoms with Crippen molar-refractivity contribution < 1.29 is 19.0 Å². The summed E-state index contributed by atoms with van der Waals surface area (Å²) in [7, 11) is 3.07. The standard InChI is InChI=1S/C18H14BrNO4/c1-22-14-8-5-9-15(23-2)16(14)17-20-13(18(21)24-17)10-11-6-3-4-7-12(11)19/h3-10H,1-2H3/b13-10-. The van der Waals surface area contributed by atoms with Crippen LogP contribution in [0.15, 0.2) is 57.6 Å². The predicted octanol–water partition coefficient (Wildman–Crippen LogP) is 3.81. The first-order valence-corrected chi connectivity index (χ1v) is 7.92. The van der Waals surface area contributed by atoms with E-state index in [1.165, 1.54) is 14.2 Å². The number of rotatable bonds is 4. The molecule has 0 N–H and O–H groups in total. The molecule has 0 fully saturated rings. The Hall–Kier alpha value is -2.60. The summed E-state index contributed by atoms with van der Waals surface area (Å²) in [5.41, 5.74) is 1.55. The van der Waals surface area contributed by atoms with Gasteiger partial charge in [0.1, 0.15) is 17.1 Å². The molecule has 0 radical (unpaired) electrons. The molecule has 0 saturated carbocycles. The molecule has 3 rings (SSSR count). The highest BCUT2D eigenvalue weighted by Gasteiger charge is 2.29. The molecule has 0 saturated heterocycles. The van der Waals surface area contributed by atoms with E-state index in [-0.39, 0.29) is 11.6 Å². The number of hydrogen-bond acceptors (Lipinski definition) is 5. The lowest BCUT2D eigenvalue weighted by molar-refractivity contribution is -0.129. The first-order chi connectivity index (χ1) is 11.6. The van der Waals surface area contributed by atoms with E-state index in [2.05, 4.69) is 20.9 Å². The average Bonchev–Trinajstić information content (AvgIpc) is 2.96. The first-order valence-electron chi connectivity index (χ1n) is 7.12. The summed E-state index contributed by atoms with van der Waals surface area (Å²) in [4.78, 5) is 16.5. The van der Waals surface area contributed by atoms with Crippen LogP contribution in [-0.4, -0.2) is 26.1 Å². The minimum absolute atomic E-state index is 0.160. The molecular weight excluding hydrogens is 374 g/mol. The van der Waals surface area contributed by atoms with Crippen LogP contribution in [0.3, 0.4) is 0 Å². The van der Waals surface area contributed by atoms with E-state index in [1.807, 2.05) is 24.3 Å². The number of benzene rings is 2. The number of carbonyl (C=O) groups is 1. The number of nitrogens with zero attached hydrogens (tertiary/aromatic N) is 1. The average molecular weight is 388 g/mol. The van der Waals surface area contributed by atoms with Gasteiger partial charge < -0.3 is 14.2 Å². The van der Waals surface area contributed by atoms with Crippen LogP contribution >= 0.6 is 15.9 Å². The van der Waals surface area contributed by atoms with Gasteiger partial charge in [-0.25, -0.2) is 9.79 Å². The molecule has 1 heterocycles. The molecule has 1 aliphatic rings. The zero-order valence-corrected chi connectivity index (χ0v) is 14.7. The lowest BCUT2D eigenvalue weighted by atomic mass is 10.1. The zero-order chi connectivity index (χ0) is 17.1. The highest BCUT2D eigenvalue weighted by atomic mass is 79.9. The van der Waals surface area contributed by atoms with Gasteiger partial charge >= 0.3 is 5.97 Å². The van der Waals surface area contributed by atoms with Crippen LogP contribution in [0.4, 0.5) is 0 Å². The summed E-state index contributed by atoms with van der Waals surface area (Å²) in [6, 6.07) is 12.8. The number of esters is 1. The van der Waals surface area contributed by atoms with Gasteiger partial charge in [0, 0.05) is 4.47 Å². The second-order valence-corrected chi connectivity index (χ2v) is 5.75. The Labute approximate surface area is 147 Å². The Morgan fingerprint density at radius 1 is 1.04 bits per heavy atom. The van der Waals surface area contributed by atoms with Crippen molar-refractivity contribution in [3.8, 4) is 11.5 Å². The van der Waals surface area contributed by atoms with Crippen LogP contribution in [0, 0.1) is 0 Å². The molecule has 1 aliphatic heterocycles. The van der Waals surface area contributed by atoms with Crippen LogP contribution in [0.2, 0.25) is 0 Å². The van der Waals surface area contributed by atoms with Gasteiger partial charge in [-0.05, 0) is 29.8 Å². The third kappa shape index (κ3) is 3.05. The van der Waals surface area contributed by atoms with Crippen molar-refractivity contribution in [1.29, 1.82) is 0 Å². The Kier molecular flexibility index (Phi) is 4.66. The maximum atomic E-state index is 12.2. The molecule has 0 spiro atoms. The molecule has 24 heavy (non-hydrogen) atoms. The SMILES string of the molecule is COc1cccc(OC)c1C1=N/C(=C\c2ccccc2Br)C(=O)O1. The molecule has 2 aromatic rings. The van der Waals surface area contributed by atoms with E-state index < -0.39 is 5.97 Å². The van der Waals surface area contributed by atoms with Gasteiger partial charge in [0.25, 0.3) is 0 Å². The molecular formula is C18H14BrNO4. The summed E-state index contributed by atoms with van der Waals surface area (Å²) in [5.74, 6) is 0.674. The molecule has 0 amide bonds. The molecule has 5 nitrogen and oxygen atoms in total. The highest BCUT2D eigenvalue weighted by Crippen LogP contribution is 2.32. The van der Waals surface area contributed by atoms with Crippen molar-refractivity contribution in [2.75, 3.05) is 14.2 Å². The normalized spacial score (nSPS) is 15.2. The quantitative estimate of drug-likeness (QED) is 0.591. The first kappa shape index (κ1) is 16.3. The topological polar surface area (TPSA) is 57.1 Å². The summed E-state index contributed by atoms with van der Waals surface area (Å²) in [6.07, 6.45) is 1.67. The summed E-state index contributed by atoms with van der Waals surface area (Å²) >= 11 is 3.44. The highest BCUT2D eigenvalue weighted by molar-refractivity contribution is 9.10. The van der Waals surface area contributed by atoms with Crippen LogP contribution in [0.5, 0.6) is 11.5 Å². The van der Waals surface area contributed by atoms with Crippen molar-refractivity contribution in [2.45, 2.75) is 0 Å². The van der Waals surface area contributed by atoms with Gasteiger partial charge in [-0.2, -0.15) is 0 Å². The number of halogens is 1. The smallest absolute Gasteiger partial charge is 0.363 e. The fourth-order valence-electron chi connectivity index (χ4n) is 2.32. The molecule has 0 aromatic heterocycles. The van der Waals surface area contributed by atoms with Crippen LogP contribution in [-0.2, 0) is 9.53 Å². The fraction of sp³-hybridized carbons (Fsp3) is 0.111. The largest absolute Gasteiger partial charge is 0.496 e. The van der Waals surface area contributed by atoms with E-state index >= 15 is 0 Å². The maximum absolute atomic E-state index is 12.2. The van der Waals surface area contributed by atoms with Gasteiger partial charge in [-0.15, -0.1) is 0 Å². The molecule has 122 valence electrons. The predicted molar refractivity (Wildman–Crippen MR) is 94.3 cm³/mol. The van der Waals surface area contributed by atoms with Gasteiger partial charge in [-0.1, -0.05) is 40.2 Å². The second kappa shape index (κ2) is 6.88. The van der Waals surface area contributed by atoms with Crippen molar-refractivity contribution in [3.63, 3.8) is 0 Å². The Morgan fingerprint density at radius 3 is 2.33 bits per heavy atom. The molecule has 6 heteroatoms. The van der Waals surface area contributed by atoms with Gasteiger partial charge in [0.05, 0.1) is 14.2 Å². The maximum Gasteiger partial charge on any atom is 0.363 e. The van der Waals surface area contributed by atoms with Gasteiger partial charge in [0.2, 0.25) is 5.90 Å². The van der Waals surface area contributed by atoms with E-state index in [0.717, 1.165) is 10.0 Å². The minimum Gasteiger partial charge on any atom is -0.496 e. The third-order valence-electron chi connectivity index (χ3n) is 3.46. The molecule has 0 bridgehead atoms. The Bertz CT molecular complexity index is 836. The van der Waals surface area contributed by atoms with E-state index in [4.69, 9.17) is 14.2 Å². The molecule has 0 aliphatic carbocycles. The Morgan fingerprint density at radius 2 is 1.71 bits per heavy atom. The van der Waals surface area contributed by atoms with Crippen LogP contribution in [0.25, 0.3) is 6.08 Å². The number of cyclic esters (lactones) is 1. The summed E-state index contributed by atoms with van der Waals surface area (Å²) in [6.45, 7) is 0. The Balaban J connectivity index is 2.06. The van der Waals surface area contributed by atoms with Crippen LogP contribution in [0.1, 0.15) is 11.1 Å². The molecule has 0 unspecified atom stereocenters. The minimum atomic E-state index is -0.520. The lowest BCUT2D eigenvalue weighted by Gasteiger charge is -2.11. The fourth-order valence-corrected chi connectivity index (χ4v) is 2.72. The molecule has 0 atom stereocenters. The summed E-state index contributed by atoms with van der Waals surface area (Å²) in [5, 5.41) is 0. The van der Waals surface area contributed by atoms with Gasteiger partial charge in [0.15, 0.2) is 5.70 Å². The number of ether oxygens (including phenoxy) is 3. The number of aliphatic imine (C=N–C) groups is 1. The second-order valence-electron chi connectivity index (χ2n) is 4.90. The van der Waals surface area contributed by atoms with Crippen molar-refractivity contribution in [3.05, 3.63) is 63.8 Å². The van der Waals surface area contributed by atoms with Crippen molar-refractivity contribution in [1.82, 2.24) is 0 Å². The number of hydrogen-bond donors (Lipinski definition) is 0. The van der Waals surface area contributed by atoms with E-state index in [9.17, 15) is 4.79 Å². The van der Waals surface area contributed by atoms with E-state index in [0.29, 0.717) is 17.1 Å². The zero-order valence-electron chi connectivity index (χ0n) is 13.1.